The Kier molecular flexibility index (Phi) is 4.39. The summed E-state index contributed by atoms with van der Waals surface area (Å²) >= 11 is 0. The summed E-state index contributed by atoms with van der Waals surface area (Å²) in [6.07, 6.45) is 0.717. The Morgan fingerprint density at radius 2 is 2.05 bits per heavy atom. The number of nitrogens with zero attached hydrogens (tertiary/aromatic N) is 2. The number of hydrogen-bond acceptors (Lipinski definition) is 5. The minimum Gasteiger partial charge on any atom is -0.497 e. The van der Waals surface area contributed by atoms with Gasteiger partial charge in [-0.1, -0.05) is 6.07 Å². The molecule has 0 aliphatic heterocycles. The highest BCUT2D eigenvalue weighted by Gasteiger charge is 2.11. The van der Waals surface area contributed by atoms with Crippen molar-refractivity contribution < 1.29 is 9.15 Å². The summed E-state index contributed by atoms with van der Waals surface area (Å²) in [5, 5.41) is 11.5. The monoisotopic (exact) mass is 275 g/mol. The summed E-state index contributed by atoms with van der Waals surface area (Å²) in [5.41, 5.74) is 0.960. The first-order valence-electron chi connectivity index (χ1n) is 6.70. The highest BCUT2D eigenvalue weighted by atomic mass is 16.5. The van der Waals surface area contributed by atoms with Crippen molar-refractivity contribution in [2.45, 2.75) is 32.7 Å². The fourth-order valence-electron chi connectivity index (χ4n) is 1.77. The number of rotatable bonds is 5. The second-order valence-electron chi connectivity index (χ2n) is 5.66. The van der Waals surface area contributed by atoms with Gasteiger partial charge in [-0.25, -0.2) is 0 Å². The molecule has 0 radical (unpaired) electrons. The molecule has 0 atom stereocenters. The van der Waals surface area contributed by atoms with E-state index in [1.54, 1.807) is 7.11 Å². The van der Waals surface area contributed by atoms with Crippen molar-refractivity contribution in [3.05, 3.63) is 30.2 Å². The van der Waals surface area contributed by atoms with Gasteiger partial charge in [-0.3, -0.25) is 0 Å². The van der Waals surface area contributed by atoms with Gasteiger partial charge in [0.05, 0.1) is 7.11 Å². The Bertz CT molecular complexity index is 558. The molecule has 2 aromatic rings. The van der Waals surface area contributed by atoms with E-state index in [0.717, 1.165) is 17.9 Å². The molecular formula is C15H21N3O2. The summed E-state index contributed by atoms with van der Waals surface area (Å²) in [5.74, 6) is 1.94. The molecule has 5 nitrogen and oxygen atoms in total. The standard InChI is InChI=1S/C15H21N3O2/c1-15(2,3)16-9-8-13-17-18-14(20-13)11-6-5-7-12(10-11)19-4/h5-7,10,16H,8-9H2,1-4H3. The summed E-state index contributed by atoms with van der Waals surface area (Å²) < 4.78 is 10.9. The van der Waals surface area contributed by atoms with Crippen LogP contribution < -0.4 is 10.1 Å². The van der Waals surface area contributed by atoms with Crippen LogP contribution in [-0.2, 0) is 6.42 Å². The SMILES string of the molecule is COc1cccc(-c2nnc(CCNC(C)(C)C)o2)c1. The maximum Gasteiger partial charge on any atom is 0.247 e. The van der Waals surface area contributed by atoms with Gasteiger partial charge in [-0.2, -0.15) is 0 Å². The molecule has 0 amide bonds. The molecule has 0 bridgehead atoms. The smallest absolute Gasteiger partial charge is 0.247 e. The van der Waals surface area contributed by atoms with Gasteiger partial charge in [0.2, 0.25) is 11.8 Å². The number of ether oxygens (including phenoxy) is 1. The number of benzene rings is 1. The molecule has 0 unspecified atom stereocenters. The van der Waals surface area contributed by atoms with Gasteiger partial charge in [-0.15, -0.1) is 10.2 Å². The van der Waals surface area contributed by atoms with Crippen LogP contribution in [0.5, 0.6) is 5.75 Å². The summed E-state index contributed by atoms with van der Waals surface area (Å²) in [6.45, 7) is 7.19. The Hall–Kier alpha value is -1.88. The number of aromatic nitrogens is 2. The van der Waals surface area contributed by atoms with Crippen LogP contribution >= 0.6 is 0 Å². The third-order valence-corrected chi connectivity index (χ3v) is 2.78. The molecule has 1 heterocycles. The van der Waals surface area contributed by atoms with Gasteiger partial charge in [0.15, 0.2) is 0 Å². The molecule has 0 aliphatic rings. The third kappa shape index (κ3) is 4.06. The van der Waals surface area contributed by atoms with E-state index in [4.69, 9.17) is 9.15 Å². The molecule has 5 heteroatoms. The lowest BCUT2D eigenvalue weighted by molar-refractivity contribution is 0.410. The molecular weight excluding hydrogens is 254 g/mol. The molecule has 0 saturated heterocycles. The zero-order chi connectivity index (χ0) is 14.6. The van der Waals surface area contributed by atoms with Crippen molar-refractivity contribution in [1.82, 2.24) is 15.5 Å². The molecule has 1 N–H and O–H groups in total. The van der Waals surface area contributed by atoms with Crippen LogP contribution in [0.4, 0.5) is 0 Å². The van der Waals surface area contributed by atoms with Crippen LogP contribution in [0.1, 0.15) is 26.7 Å². The minimum absolute atomic E-state index is 0.0929. The van der Waals surface area contributed by atoms with E-state index in [2.05, 4.69) is 36.3 Å². The number of methoxy groups -OCH3 is 1. The number of nitrogens with one attached hydrogen (secondary N) is 1. The molecule has 0 aliphatic carbocycles. The fourth-order valence-corrected chi connectivity index (χ4v) is 1.77. The van der Waals surface area contributed by atoms with E-state index in [1.165, 1.54) is 0 Å². The summed E-state index contributed by atoms with van der Waals surface area (Å²) in [6, 6.07) is 7.59. The van der Waals surface area contributed by atoms with Gasteiger partial charge >= 0.3 is 0 Å². The molecule has 108 valence electrons. The summed E-state index contributed by atoms with van der Waals surface area (Å²) in [7, 11) is 1.64. The Morgan fingerprint density at radius 3 is 2.75 bits per heavy atom. The van der Waals surface area contributed by atoms with Crippen LogP contribution in [-0.4, -0.2) is 29.4 Å². The quantitative estimate of drug-likeness (QED) is 0.909. The van der Waals surface area contributed by atoms with E-state index in [9.17, 15) is 0 Å². The second kappa shape index (κ2) is 6.05. The van der Waals surface area contributed by atoms with E-state index in [0.29, 0.717) is 18.2 Å². The molecule has 0 fully saturated rings. The zero-order valence-corrected chi connectivity index (χ0v) is 12.4. The third-order valence-electron chi connectivity index (χ3n) is 2.78. The first kappa shape index (κ1) is 14.5. The van der Waals surface area contributed by atoms with Gasteiger partial charge in [0.25, 0.3) is 0 Å². The van der Waals surface area contributed by atoms with Gasteiger partial charge < -0.3 is 14.5 Å². The lowest BCUT2D eigenvalue weighted by atomic mass is 10.1. The van der Waals surface area contributed by atoms with Crippen LogP contribution in [0, 0.1) is 0 Å². The lowest BCUT2D eigenvalue weighted by Crippen LogP contribution is -2.37. The Morgan fingerprint density at radius 1 is 1.25 bits per heavy atom. The van der Waals surface area contributed by atoms with E-state index >= 15 is 0 Å². The van der Waals surface area contributed by atoms with Crippen LogP contribution in [0.15, 0.2) is 28.7 Å². The molecule has 0 saturated carbocycles. The minimum atomic E-state index is 0.0929. The van der Waals surface area contributed by atoms with Crippen LogP contribution in [0.25, 0.3) is 11.5 Å². The van der Waals surface area contributed by atoms with Crippen molar-refractivity contribution in [3.63, 3.8) is 0 Å². The van der Waals surface area contributed by atoms with Crippen LogP contribution in [0.2, 0.25) is 0 Å². The van der Waals surface area contributed by atoms with E-state index in [-0.39, 0.29) is 5.54 Å². The molecule has 2 rings (SSSR count). The second-order valence-corrected chi connectivity index (χ2v) is 5.66. The average molecular weight is 275 g/mol. The van der Waals surface area contributed by atoms with E-state index in [1.807, 2.05) is 24.3 Å². The zero-order valence-electron chi connectivity index (χ0n) is 12.4. The van der Waals surface area contributed by atoms with Crippen molar-refractivity contribution in [2.75, 3.05) is 13.7 Å². The number of hydrogen-bond donors (Lipinski definition) is 1. The lowest BCUT2D eigenvalue weighted by Gasteiger charge is -2.19. The first-order valence-corrected chi connectivity index (χ1v) is 6.70. The maximum atomic E-state index is 5.67. The van der Waals surface area contributed by atoms with E-state index < -0.39 is 0 Å². The van der Waals surface area contributed by atoms with Crippen LogP contribution in [0.3, 0.4) is 0 Å². The normalized spacial score (nSPS) is 11.6. The Balaban J connectivity index is 2.01. The molecule has 20 heavy (non-hydrogen) atoms. The van der Waals surface area contributed by atoms with Gasteiger partial charge in [-0.05, 0) is 39.0 Å². The predicted octanol–water partition coefficient (Wildman–Crippen LogP) is 2.68. The summed E-state index contributed by atoms with van der Waals surface area (Å²) in [4.78, 5) is 0. The Labute approximate surface area is 119 Å². The van der Waals surface area contributed by atoms with Crippen molar-refractivity contribution in [2.24, 2.45) is 0 Å². The highest BCUT2D eigenvalue weighted by Crippen LogP contribution is 2.22. The first-order chi connectivity index (χ1) is 9.48. The van der Waals surface area contributed by atoms with Crippen molar-refractivity contribution in [1.29, 1.82) is 0 Å². The molecule has 1 aromatic carbocycles. The molecule has 0 spiro atoms. The topological polar surface area (TPSA) is 60.2 Å². The highest BCUT2D eigenvalue weighted by molar-refractivity contribution is 5.55. The van der Waals surface area contributed by atoms with Crippen molar-refractivity contribution in [3.8, 4) is 17.2 Å². The predicted molar refractivity (Wildman–Crippen MR) is 77.7 cm³/mol. The fraction of sp³-hybridized carbons (Fsp3) is 0.467. The largest absolute Gasteiger partial charge is 0.497 e. The average Bonchev–Trinajstić information content (AvgIpc) is 2.86. The van der Waals surface area contributed by atoms with Gasteiger partial charge in [0.1, 0.15) is 5.75 Å². The maximum absolute atomic E-state index is 5.67. The molecule has 1 aromatic heterocycles. The van der Waals surface area contributed by atoms with Gasteiger partial charge in [0, 0.05) is 24.1 Å². The van der Waals surface area contributed by atoms with Crippen molar-refractivity contribution >= 4 is 0 Å².